The molecule has 0 aliphatic carbocycles. The van der Waals surface area contributed by atoms with E-state index < -0.39 is 23.0 Å². The summed E-state index contributed by atoms with van der Waals surface area (Å²) in [4.78, 5) is 0. The summed E-state index contributed by atoms with van der Waals surface area (Å²) in [6.45, 7) is 0. The molecule has 0 spiro atoms. The van der Waals surface area contributed by atoms with Crippen LogP contribution in [0.4, 0.5) is 10.1 Å². The average Bonchev–Trinajstić information content (AvgIpc) is 2.05. The second-order valence-corrected chi connectivity index (χ2v) is 4.73. The molecule has 0 amide bonds. The van der Waals surface area contributed by atoms with Crippen LogP contribution in [0.1, 0.15) is 0 Å². The number of anilines is 1. The summed E-state index contributed by atoms with van der Waals surface area (Å²) >= 11 is 0. The van der Waals surface area contributed by atoms with E-state index >= 15 is 0 Å². The molecule has 0 heterocycles. The molecule has 0 fully saturated rings. The molecule has 0 aliphatic rings. The molecule has 0 unspecified atom stereocenters. The van der Waals surface area contributed by atoms with E-state index in [0.29, 0.717) is 0 Å². The molecule has 0 bridgehead atoms. The highest BCUT2D eigenvalue weighted by molar-refractivity contribution is 7.92. The first kappa shape index (κ1) is 12.0. The van der Waals surface area contributed by atoms with Gasteiger partial charge in [-0.15, -0.1) is 0 Å². The van der Waals surface area contributed by atoms with Gasteiger partial charge < -0.3 is 10.0 Å². The van der Waals surface area contributed by atoms with E-state index in [1.807, 2.05) is 0 Å². The monoisotopic (exact) mass is 233 g/mol. The van der Waals surface area contributed by atoms with E-state index in [2.05, 4.69) is 4.72 Å². The Morgan fingerprint density at radius 2 is 2.00 bits per heavy atom. The van der Waals surface area contributed by atoms with Gasteiger partial charge in [0, 0.05) is 11.2 Å². The van der Waals surface area contributed by atoms with Gasteiger partial charge in [0.25, 0.3) is 0 Å². The molecule has 3 N–H and O–H groups in total. The molecular formula is C7H9BFNO4S. The molecule has 0 saturated carbocycles. The molecule has 0 aromatic heterocycles. The molecule has 1 aromatic carbocycles. The zero-order chi connectivity index (χ0) is 11.6. The number of rotatable bonds is 3. The lowest BCUT2D eigenvalue weighted by Gasteiger charge is -2.06. The van der Waals surface area contributed by atoms with E-state index in [1.165, 1.54) is 6.07 Å². The third kappa shape index (κ3) is 3.50. The maximum atomic E-state index is 13.0. The minimum Gasteiger partial charge on any atom is -0.423 e. The van der Waals surface area contributed by atoms with Gasteiger partial charge >= 0.3 is 7.12 Å². The number of benzene rings is 1. The minimum atomic E-state index is -3.47. The zero-order valence-electron chi connectivity index (χ0n) is 7.81. The van der Waals surface area contributed by atoms with Crippen LogP contribution >= 0.6 is 0 Å². The summed E-state index contributed by atoms with van der Waals surface area (Å²) in [7, 11) is -5.45. The smallest absolute Gasteiger partial charge is 0.423 e. The lowest BCUT2D eigenvalue weighted by Crippen LogP contribution is -2.33. The molecule has 1 aromatic rings. The summed E-state index contributed by atoms with van der Waals surface area (Å²) in [6, 6.07) is 3.14. The first-order chi connectivity index (χ1) is 6.79. The molecule has 0 atom stereocenters. The number of hydrogen-bond donors (Lipinski definition) is 3. The van der Waals surface area contributed by atoms with Crippen molar-refractivity contribution in [1.29, 1.82) is 0 Å². The second kappa shape index (κ2) is 4.17. The van der Waals surface area contributed by atoms with Crippen LogP contribution < -0.4 is 10.2 Å². The summed E-state index contributed by atoms with van der Waals surface area (Å²) in [5, 5.41) is 17.5. The summed E-state index contributed by atoms with van der Waals surface area (Å²) in [5.41, 5.74) is -0.314. The predicted molar refractivity (Wildman–Crippen MR) is 54.7 cm³/mol. The van der Waals surface area contributed by atoms with Crippen LogP contribution in [-0.2, 0) is 10.0 Å². The Morgan fingerprint density at radius 3 is 2.47 bits per heavy atom. The van der Waals surface area contributed by atoms with Gasteiger partial charge in [-0.1, -0.05) is 0 Å². The van der Waals surface area contributed by atoms with Crippen LogP contribution in [0.15, 0.2) is 18.2 Å². The number of nitrogens with one attached hydrogen (secondary N) is 1. The van der Waals surface area contributed by atoms with Crippen molar-refractivity contribution >= 4 is 28.3 Å². The molecule has 8 heteroatoms. The Kier molecular flexibility index (Phi) is 3.33. The Bertz CT molecular complexity index is 462. The van der Waals surface area contributed by atoms with Gasteiger partial charge in [0.2, 0.25) is 10.0 Å². The van der Waals surface area contributed by atoms with E-state index in [1.54, 1.807) is 0 Å². The molecule has 5 nitrogen and oxygen atoms in total. The van der Waals surface area contributed by atoms with Crippen molar-refractivity contribution in [2.75, 3.05) is 11.0 Å². The fourth-order valence-electron chi connectivity index (χ4n) is 1.02. The maximum absolute atomic E-state index is 13.0. The summed E-state index contributed by atoms with van der Waals surface area (Å²) in [5.74, 6) is -0.816. The van der Waals surface area contributed by atoms with Crippen LogP contribution in [0.2, 0.25) is 0 Å². The third-order valence-electron chi connectivity index (χ3n) is 1.58. The minimum absolute atomic E-state index is 0.0713. The lowest BCUT2D eigenvalue weighted by molar-refractivity contribution is 0.423. The Balaban J connectivity index is 3.08. The summed E-state index contributed by atoms with van der Waals surface area (Å²) in [6.07, 6.45) is 0.936. The van der Waals surface area contributed by atoms with Crippen molar-refractivity contribution in [3.05, 3.63) is 24.0 Å². The Labute approximate surface area is 86.8 Å². The second-order valence-electron chi connectivity index (χ2n) is 2.98. The summed E-state index contributed by atoms with van der Waals surface area (Å²) < 4.78 is 36.7. The zero-order valence-corrected chi connectivity index (χ0v) is 8.62. The molecule has 15 heavy (non-hydrogen) atoms. The standard InChI is InChI=1S/C7H9BFNO4S/c1-15(13,14)10-5-2-3-7(9)6(4-5)8(11)12/h2-4,10-12H,1H3. The van der Waals surface area contributed by atoms with Gasteiger partial charge in [-0.2, -0.15) is 0 Å². The topological polar surface area (TPSA) is 86.6 Å². The van der Waals surface area contributed by atoms with Crippen molar-refractivity contribution in [3.8, 4) is 0 Å². The lowest BCUT2D eigenvalue weighted by atomic mass is 9.80. The van der Waals surface area contributed by atoms with Gasteiger partial charge in [-0.3, -0.25) is 4.72 Å². The van der Waals surface area contributed by atoms with E-state index in [0.717, 1.165) is 18.4 Å². The molecule has 82 valence electrons. The average molecular weight is 233 g/mol. The molecule has 0 radical (unpaired) electrons. The van der Waals surface area contributed by atoms with Gasteiger partial charge in [0.15, 0.2) is 0 Å². The first-order valence-electron chi connectivity index (χ1n) is 3.93. The van der Waals surface area contributed by atoms with Gasteiger partial charge in [-0.25, -0.2) is 12.8 Å². The van der Waals surface area contributed by atoms with Gasteiger partial charge in [-0.05, 0) is 18.2 Å². The highest BCUT2D eigenvalue weighted by Crippen LogP contribution is 2.08. The van der Waals surface area contributed by atoms with Crippen molar-refractivity contribution < 1.29 is 22.9 Å². The van der Waals surface area contributed by atoms with E-state index in [4.69, 9.17) is 10.0 Å². The normalized spacial score (nSPS) is 11.2. The Hall–Kier alpha value is -1.12. The quantitative estimate of drug-likeness (QED) is 0.577. The molecule has 0 aliphatic heterocycles. The van der Waals surface area contributed by atoms with Crippen LogP contribution in [0.5, 0.6) is 0 Å². The third-order valence-corrected chi connectivity index (χ3v) is 2.18. The van der Waals surface area contributed by atoms with Crippen molar-refractivity contribution in [2.24, 2.45) is 0 Å². The number of halogens is 1. The largest absolute Gasteiger partial charge is 0.491 e. The maximum Gasteiger partial charge on any atom is 0.491 e. The molecular weight excluding hydrogens is 224 g/mol. The molecule has 0 saturated heterocycles. The van der Waals surface area contributed by atoms with Crippen molar-refractivity contribution in [1.82, 2.24) is 0 Å². The van der Waals surface area contributed by atoms with Crippen LogP contribution in [0.3, 0.4) is 0 Å². The SMILES string of the molecule is CS(=O)(=O)Nc1ccc(F)c(B(O)O)c1. The van der Waals surface area contributed by atoms with Crippen LogP contribution in [0.25, 0.3) is 0 Å². The first-order valence-corrected chi connectivity index (χ1v) is 5.82. The number of hydrogen-bond acceptors (Lipinski definition) is 4. The highest BCUT2D eigenvalue weighted by Gasteiger charge is 2.17. The Morgan fingerprint density at radius 1 is 1.40 bits per heavy atom. The fourth-order valence-corrected chi connectivity index (χ4v) is 1.57. The van der Waals surface area contributed by atoms with Gasteiger partial charge in [0.1, 0.15) is 5.82 Å². The van der Waals surface area contributed by atoms with Crippen LogP contribution in [0, 0.1) is 5.82 Å². The van der Waals surface area contributed by atoms with E-state index in [9.17, 15) is 12.8 Å². The number of sulfonamides is 1. The fraction of sp³-hybridized carbons (Fsp3) is 0.143. The van der Waals surface area contributed by atoms with Gasteiger partial charge in [0.05, 0.1) is 6.26 Å². The van der Waals surface area contributed by atoms with Crippen LogP contribution in [-0.4, -0.2) is 31.8 Å². The predicted octanol–water partition coefficient (Wildman–Crippen LogP) is -1.12. The molecule has 1 rings (SSSR count). The van der Waals surface area contributed by atoms with Crippen molar-refractivity contribution in [3.63, 3.8) is 0 Å². The van der Waals surface area contributed by atoms with E-state index in [-0.39, 0.29) is 11.2 Å². The van der Waals surface area contributed by atoms with Crippen molar-refractivity contribution in [2.45, 2.75) is 0 Å². The highest BCUT2D eigenvalue weighted by atomic mass is 32.2.